The van der Waals surface area contributed by atoms with Gasteiger partial charge in [0.25, 0.3) is 0 Å². The summed E-state index contributed by atoms with van der Waals surface area (Å²) >= 11 is 0. The van der Waals surface area contributed by atoms with E-state index >= 15 is 0 Å². The van der Waals surface area contributed by atoms with Crippen molar-refractivity contribution < 1.29 is 128 Å². The third-order valence-electron chi connectivity index (χ3n) is 11.7. The average molecular weight is 1310 g/mol. The van der Waals surface area contributed by atoms with Gasteiger partial charge in [-0.05, 0) is 40.2 Å². The van der Waals surface area contributed by atoms with E-state index in [9.17, 15) is 14.4 Å². The first-order valence-electron chi connectivity index (χ1n) is 32.3. The highest BCUT2D eigenvalue weighted by atomic mass is 16.6. The molecule has 1 unspecified atom stereocenters. The zero-order chi connectivity index (χ0) is 64.9. The zero-order valence-electron chi connectivity index (χ0n) is 55.3. The molecule has 1 atom stereocenters. The van der Waals surface area contributed by atoms with Crippen molar-refractivity contribution in [3.8, 4) is 0 Å². The van der Waals surface area contributed by atoms with Crippen molar-refractivity contribution in [2.24, 2.45) is 0 Å². The molecule has 0 aliphatic heterocycles. The lowest BCUT2D eigenvalue weighted by atomic mass is 10.1. The van der Waals surface area contributed by atoms with Gasteiger partial charge in [0.2, 0.25) is 5.91 Å². The van der Waals surface area contributed by atoms with E-state index in [1.54, 1.807) is 20.9 Å². The number of hydrogen-bond donors (Lipinski definition) is 2. The number of rotatable bonds is 82. The quantitative estimate of drug-likeness (QED) is 0.0809. The van der Waals surface area contributed by atoms with Gasteiger partial charge in [0, 0.05) is 19.4 Å². The normalized spacial score (nSPS) is 12.0. The molecule has 0 heterocycles. The number of nitrogens with one attached hydrogen (secondary N) is 2. The van der Waals surface area contributed by atoms with Gasteiger partial charge in [-0.3, -0.25) is 14.4 Å². The van der Waals surface area contributed by atoms with Crippen LogP contribution in [-0.4, -0.2) is 354 Å². The van der Waals surface area contributed by atoms with Crippen LogP contribution in [0.3, 0.4) is 0 Å². The van der Waals surface area contributed by atoms with Crippen LogP contribution in [0, 0.1) is 0 Å². The number of carbonyl (C=O) groups excluding carboxylic acids is 3. The zero-order valence-corrected chi connectivity index (χ0v) is 55.3. The number of ether oxygens (including phenoxy) is 24. The topological polar surface area (TPSA) is 297 Å². The van der Waals surface area contributed by atoms with Crippen LogP contribution < -0.4 is 10.6 Å². The van der Waals surface area contributed by atoms with Crippen molar-refractivity contribution in [2.75, 3.05) is 331 Å². The smallest absolute Gasteiger partial charge is 0.222 e. The SMILES string of the molecule is CNC(CCCCNC(=O)CCOCCOCCOCCOCCOCCOCCOCCOCCOCCOCCOCCOCCOCCOCCOCCOCCOCCOCCOCCOCCOCCOCCOCCOCCC(C)=O)C(C)=O. The number of Topliss-reactive ketones (excluding diaryl/α,β-unsaturated/α-hetero) is 2. The Morgan fingerprint density at radius 2 is 0.411 bits per heavy atom. The van der Waals surface area contributed by atoms with E-state index in [0.717, 1.165) is 19.3 Å². The maximum Gasteiger partial charge on any atom is 0.222 e. The molecule has 90 heavy (non-hydrogen) atoms. The van der Waals surface area contributed by atoms with Gasteiger partial charge in [-0.25, -0.2) is 0 Å². The molecule has 2 N–H and O–H groups in total. The molecule has 536 valence electrons. The average Bonchev–Trinajstić information content (AvgIpc) is 3.55. The summed E-state index contributed by atoms with van der Waals surface area (Å²) in [7, 11) is 1.78. The van der Waals surface area contributed by atoms with Gasteiger partial charge >= 0.3 is 0 Å². The fourth-order valence-electron chi connectivity index (χ4n) is 6.88. The lowest BCUT2D eigenvalue weighted by Gasteiger charge is -2.12. The van der Waals surface area contributed by atoms with Crippen molar-refractivity contribution in [2.45, 2.75) is 52.0 Å². The largest absolute Gasteiger partial charge is 0.379 e. The van der Waals surface area contributed by atoms with Crippen LogP contribution in [-0.2, 0) is 128 Å². The number of amides is 1. The summed E-state index contributed by atoms with van der Waals surface area (Å²) in [6, 6.07) is -0.115. The predicted octanol–water partition coefficient (Wildman–Crippen LogP) is 1.22. The number of likely N-dealkylation sites (N-methyl/N-ethyl adjacent to an activating group) is 1. The minimum Gasteiger partial charge on any atom is -0.379 e. The Morgan fingerprint density at radius 3 is 0.567 bits per heavy atom. The summed E-state index contributed by atoms with van der Waals surface area (Å²) in [6.07, 6.45) is 3.20. The Bertz CT molecular complexity index is 1430. The molecular weight excluding hydrogens is 1190 g/mol. The highest BCUT2D eigenvalue weighted by Gasteiger charge is 2.11. The second kappa shape index (κ2) is 79.2. The van der Waals surface area contributed by atoms with Gasteiger partial charge in [0.05, 0.1) is 323 Å². The second-order valence-electron chi connectivity index (χ2n) is 19.2. The number of carbonyl (C=O) groups is 3. The molecule has 1 amide bonds. The first-order chi connectivity index (χ1) is 44.5. The van der Waals surface area contributed by atoms with Crippen molar-refractivity contribution in [3.63, 3.8) is 0 Å². The van der Waals surface area contributed by atoms with Crippen LogP contribution >= 0.6 is 0 Å². The van der Waals surface area contributed by atoms with Crippen molar-refractivity contribution in [1.29, 1.82) is 0 Å². The van der Waals surface area contributed by atoms with Gasteiger partial charge in [-0.1, -0.05) is 0 Å². The molecule has 0 bridgehead atoms. The lowest BCUT2D eigenvalue weighted by Crippen LogP contribution is -2.32. The van der Waals surface area contributed by atoms with Gasteiger partial charge < -0.3 is 124 Å². The minimum absolute atomic E-state index is 0.0453. The highest BCUT2D eigenvalue weighted by molar-refractivity contribution is 5.81. The van der Waals surface area contributed by atoms with Gasteiger partial charge in [0.15, 0.2) is 0 Å². The Balaban J connectivity index is 3.12. The van der Waals surface area contributed by atoms with Crippen LogP contribution in [0.5, 0.6) is 0 Å². The van der Waals surface area contributed by atoms with E-state index < -0.39 is 0 Å². The fraction of sp³-hybridized carbons (Fsp3) is 0.951. The minimum atomic E-state index is -0.115. The third-order valence-corrected chi connectivity index (χ3v) is 11.7. The molecule has 0 radical (unpaired) electrons. The molecule has 0 aromatic heterocycles. The maximum atomic E-state index is 11.9. The first kappa shape index (κ1) is 87.8. The molecule has 0 aromatic carbocycles. The van der Waals surface area contributed by atoms with Crippen molar-refractivity contribution in [3.05, 3.63) is 0 Å². The Labute approximate surface area is 537 Å². The molecule has 0 aliphatic rings. The van der Waals surface area contributed by atoms with E-state index in [0.29, 0.717) is 337 Å². The standard InChI is InChI=1S/C61H120N2O27/c1-58(64)7-10-67-12-14-69-16-18-71-20-22-73-24-26-75-28-30-77-32-34-79-36-38-81-40-42-83-44-46-85-48-50-87-52-54-89-56-57-90-55-53-88-51-49-86-47-45-84-43-41-82-39-37-80-35-33-78-31-29-76-27-25-74-23-21-72-19-17-70-15-13-68-11-8-61(66)63-9-5-4-6-60(62-3)59(2)65/h60,62H,4-57H2,1-3H3,(H,63,66). The Hall–Kier alpha value is -2.19. The Morgan fingerprint density at radius 1 is 0.244 bits per heavy atom. The summed E-state index contributed by atoms with van der Waals surface area (Å²) in [5.41, 5.74) is 0. The lowest BCUT2D eigenvalue weighted by molar-refractivity contribution is -0.122. The molecule has 29 nitrogen and oxygen atoms in total. The van der Waals surface area contributed by atoms with Crippen molar-refractivity contribution >= 4 is 17.5 Å². The molecule has 0 aliphatic carbocycles. The molecular formula is C61H120N2O27. The summed E-state index contributed by atoms with van der Waals surface area (Å²) in [6.45, 7) is 26.3. The van der Waals surface area contributed by atoms with Crippen LogP contribution in [0.15, 0.2) is 0 Å². The summed E-state index contributed by atoms with van der Waals surface area (Å²) in [5, 5.41) is 5.88. The third kappa shape index (κ3) is 78.3. The number of ketones is 2. The molecule has 0 rings (SSSR count). The molecule has 0 fully saturated rings. The van der Waals surface area contributed by atoms with E-state index in [-0.39, 0.29) is 23.5 Å². The molecule has 0 saturated carbocycles. The highest BCUT2D eigenvalue weighted by Crippen LogP contribution is 2.02. The van der Waals surface area contributed by atoms with Gasteiger partial charge in [-0.2, -0.15) is 0 Å². The number of hydrogen-bond acceptors (Lipinski definition) is 28. The second-order valence-corrected chi connectivity index (χ2v) is 19.2. The van der Waals surface area contributed by atoms with Crippen LogP contribution in [0.2, 0.25) is 0 Å². The fourth-order valence-corrected chi connectivity index (χ4v) is 6.88. The van der Waals surface area contributed by atoms with Crippen LogP contribution in [0.4, 0.5) is 0 Å². The summed E-state index contributed by atoms with van der Waals surface area (Å²) < 4.78 is 132. The molecule has 29 heteroatoms. The van der Waals surface area contributed by atoms with Gasteiger partial charge in [-0.15, -0.1) is 0 Å². The van der Waals surface area contributed by atoms with Crippen LogP contribution in [0.1, 0.15) is 46.0 Å². The van der Waals surface area contributed by atoms with E-state index in [1.807, 2.05) is 0 Å². The molecule has 0 saturated heterocycles. The Kier molecular flexibility index (Phi) is 77.3. The first-order valence-corrected chi connectivity index (χ1v) is 32.3. The van der Waals surface area contributed by atoms with Crippen LogP contribution in [0.25, 0.3) is 0 Å². The predicted molar refractivity (Wildman–Crippen MR) is 330 cm³/mol. The van der Waals surface area contributed by atoms with E-state index in [4.69, 9.17) is 114 Å². The van der Waals surface area contributed by atoms with Gasteiger partial charge in [0.1, 0.15) is 11.6 Å². The van der Waals surface area contributed by atoms with Crippen molar-refractivity contribution in [1.82, 2.24) is 10.6 Å². The monoisotopic (exact) mass is 1310 g/mol. The molecule has 0 spiro atoms. The van der Waals surface area contributed by atoms with E-state index in [2.05, 4.69) is 10.6 Å². The number of unbranched alkanes of at least 4 members (excludes halogenated alkanes) is 1. The molecule has 0 aromatic rings. The maximum absolute atomic E-state index is 11.9. The summed E-state index contributed by atoms with van der Waals surface area (Å²) in [4.78, 5) is 34.2. The summed E-state index contributed by atoms with van der Waals surface area (Å²) in [5.74, 6) is 0.206. The van der Waals surface area contributed by atoms with E-state index in [1.165, 1.54) is 0 Å².